The third-order valence-electron chi connectivity index (χ3n) is 3.07. The van der Waals surface area contributed by atoms with Crippen LogP contribution in [-0.2, 0) is 0 Å². The Hall–Kier alpha value is -0.890. The molecule has 1 aromatic heterocycles. The summed E-state index contributed by atoms with van der Waals surface area (Å²) in [6, 6.07) is 7.10. The minimum absolute atomic E-state index is 0.367. The van der Waals surface area contributed by atoms with Gasteiger partial charge in [0.1, 0.15) is 0 Å². The van der Waals surface area contributed by atoms with Gasteiger partial charge in [0.25, 0.3) is 0 Å². The van der Waals surface area contributed by atoms with Crippen molar-refractivity contribution in [2.45, 2.75) is 52.6 Å². The first-order valence-electron chi connectivity index (χ1n) is 6.36. The largest absolute Gasteiger partial charge is 0.306 e. The Kier molecular flexibility index (Phi) is 5.47. The van der Waals surface area contributed by atoms with Crippen LogP contribution in [-0.4, -0.2) is 11.0 Å². The lowest BCUT2D eigenvalue weighted by Gasteiger charge is -2.27. The minimum atomic E-state index is 0.367. The highest BCUT2D eigenvalue weighted by Gasteiger charge is 2.19. The van der Waals surface area contributed by atoms with Crippen LogP contribution in [0, 0.1) is 5.92 Å². The highest BCUT2D eigenvalue weighted by Crippen LogP contribution is 2.21. The van der Waals surface area contributed by atoms with Gasteiger partial charge in [0, 0.05) is 12.2 Å². The molecule has 0 saturated carbocycles. The molecular formula is C14H24N2. The van der Waals surface area contributed by atoms with Gasteiger partial charge in [-0.1, -0.05) is 33.8 Å². The first kappa shape index (κ1) is 13.2. The second-order valence-corrected chi connectivity index (χ2v) is 4.66. The number of hydrogen-bond donors (Lipinski definition) is 1. The SMILES string of the molecule is CCC(CC)NC(c1ccccn1)C(C)C. The molecule has 1 aromatic rings. The lowest BCUT2D eigenvalue weighted by molar-refractivity contribution is 0.341. The zero-order valence-electron chi connectivity index (χ0n) is 10.9. The van der Waals surface area contributed by atoms with Crippen LogP contribution in [0.5, 0.6) is 0 Å². The molecule has 0 aliphatic heterocycles. The molecule has 1 heterocycles. The van der Waals surface area contributed by atoms with Crippen molar-refractivity contribution in [3.63, 3.8) is 0 Å². The maximum absolute atomic E-state index is 4.46. The highest BCUT2D eigenvalue weighted by atomic mass is 15.0. The maximum atomic E-state index is 4.46. The molecule has 90 valence electrons. The molecule has 0 radical (unpaired) electrons. The van der Waals surface area contributed by atoms with Gasteiger partial charge in [-0.2, -0.15) is 0 Å². The number of hydrogen-bond acceptors (Lipinski definition) is 2. The van der Waals surface area contributed by atoms with E-state index in [1.165, 1.54) is 12.8 Å². The second kappa shape index (κ2) is 6.64. The Morgan fingerprint density at radius 2 is 1.88 bits per heavy atom. The number of pyridine rings is 1. The lowest BCUT2D eigenvalue weighted by atomic mass is 9.98. The summed E-state index contributed by atoms with van der Waals surface area (Å²) in [6.07, 6.45) is 4.22. The zero-order valence-corrected chi connectivity index (χ0v) is 10.9. The third kappa shape index (κ3) is 3.60. The van der Waals surface area contributed by atoms with Gasteiger partial charge in [-0.15, -0.1) is 0 Å². The summed E-state index contributed by atoms with van der Waals surface area (Å²) >= 11 is 0. The van der Waals surface area contributed by atoms with E-state index in [2.05, 4.69) is 50.1 Å². The van der Waals surface area contributed by atoms with Gasteiger partial charge in [0.2, 0.25) is 0 Å². The first-order chi connectivity index (χ1) is 7.69. The van der Waals surface area contributed by atoms with Crippen molar-refractivity contribution in [1.82, 2.24) is 10.3 Å². The van der Waals surface area contributed by atoms with Crippen LogP contribution in [0.2, 0.25) is 0 Å². The van der Waals surface area contributed by atoms with Crippen molar-refractivity contribution in [2.75, 3.05) is 0 Å². The smallest absolute Gasteiger partial charge is 0.0575 e. The van der Waals surface area contributed by atoms with E-state index in [0.29, 0.717) is 18.0 Å². The first-order valence-corrected chi connectivity index (χ1v) is 6.36. The minimum Gasteiger partial charge on any atom is -0.306 e. The highest BCUT2D eigenvalue weighted by molar-refractivity contribution is 5.09. The Balaban J connectivity index is 2.76. The van der Waals surface area contributed by atoms with Gasteiger partial charge in [-0.25, -0.2) is 0 Å². The summed E-state index contributed by atoms with van der Waals surface area (Å²) in [5.41, 5.74) is 1.16. The van der Waals surface area contributed by atoms with E-state index in [9.17, 15) is 0 Å². The molecule has 0 fully saturated rings. The summed E-state index contributed by atoms with van der Waals surface area (Å²) in [7, 11) is 0. The van der Waals surface area contributed by atoms with E-state index in [1.54, 1.807) is 0 Å². The number of nitrogens with zero attached hydrogens (tertiary/aromatic N) is 1. The van der Waals surface area contributed by atoms with Crippen LogP contribution in [0.25, 0.3) is 0 Å². The summed E-state index contributed by atoms with van der Waals surface area (Å²) < 4.78 is 0. The Morgan fingerprint density at radius 3 is 2.31 bits per heavy atom. The van der Waals surface area contributed by atoms with Crippen molar-refractivity contribution in [1.29, 1.82) is 0 Å². The van der Waals surface area contributed by atoms with Gasteiger partial charge in [-0.3, -0.25) is 4.98 Å². The molecule has 0 aliphatic rings. The fourth-order valence-electron chi connectivity index (χ4n) is 1.96. The van der Waals surface area contributed by atoms with E-state index < -0.39 is 0 Å². The van der Waals surface area contributed by atoms with Crippen LogP contribution in [0.4, 0.5) is 0 Å². The van der Waals surface area contributed by atoms with E-state index in [0.717, 1.165) is 5.69 Å². The van der Waals surface area contributed by atoms with Crippen LogP contribution >= 0.6 is 0 Å². The Labute approximate surface area is 99.5 Å². The van der Waals surface area contributed by atoms with Crippen LogP contribution in [0.3, 0.4) is 0 Å². The number of aromatic nitrogens is 1. The van der Waals surface area contributed by atoms with E-state index in [1.807, 2.05) is 12.3 Å². The molecule has 0 spiro atoms. The monoisotopic (exact) mass is 220 g/mol. The molecule has 1 unspecified atom stereocenters. The van der Waals surface area contributed by atoms with Crippen molar-refractivity contribution in [3.8, 4) is 0 Å². The molecule has 1 N–H and O–H groups in total. The third-order valence-corrected chi connectivity index (χ3v) is 3.07. The fraction of sp³-hybridized carbons (Fsp3) is 0.643. The molecule has 0 bridgehead atoms. The van der Waals surface area contributed by atoms with Gasteiger partial charge in [0.05, 0.1) is 11.7 Å². The van der Waals surface area contributed by atoms with Crippen molar-refractivity contribution < 1.29 is 0 Å². The molecular weight excluding hydrogens is 196 g/mol. The molecule has 1 rings (SSSR count). The van der Waals surface area contributed by atoms with Crippen molar-refractivity contribution in [3.05, 3.63) is 30.1 Å². The van der Waals surface area contributed by atoms with Crippen molar-refractivity contribution in [2.24, 2.45) is 5.92 Å². The molecule has 0 aromatic carbocycles. The summed E-state index contributed by atoms with van der Waals surface area (Å²) in [6.45, 7) is 8.96. The average molecular weight is 220 g/mol. The number of rotatable bonds is 6. The van der Waals surface area contributed by atoms with Crippen LogP contribution in [0.1, 0.15) is 52.3 Å². The van der Waals surface area contributed by atoms with Crippen LogP contribution < -0.4 is 5.32 Å². The topological polar surface area (TPSA) is 24.9 Å². The molecule has 2 nitrogen and oxygen atoms in total. The summed E-state index contributed by atoms with van der Waals surface area (Å²) in [4.78, 5) is 4.46. The number of nitrogens with one attached hydrogen (secondary N) is 1. The quantitative estimate of drug-likeness (QED) is 0.793. The Bertz CT molecular complexity index is 278. The predicted molar refractivity (Wildman–Crippen MR) is 69.3 cm³/mol. The summed E-state index contributed by atoms with van der Waals surface area (Å²) in [5.74, 6) is 0.565. The molecule has 16 heavy (non-hydrogen) atoms. The standard InChI is InChI=1S/C14H24N2/c1-5-12(6-2)16-14(11(3)4)13-9-7-8-10-15-13/h7-12,14,16H,5-6H2,1-4H3. The van der Waals surface area contributed by atoms with Gasteiger partial charge in [0.15, 0.2) is 0 Å². The fourth-order valence-corrected chi connectivity index (χ4v) is 1.96. The molecule has 0 aliphatic carbocycles. The van der Waals surface area contributed by atoms with Gasteiger partial charge < -0.3 is 5.32 Å². The maximum Gasteiger partial charge on any atom is 0.0575 e. The second-order valence-electron chi connectivity index (χ2n) is 4.66. The van der Waals surface area contributed by atoms with Crippen LogP contribution in [0.15, 0.2) is 24.4 Å². The van der Waals surface area contributed by atoms with E-state index >= 15 is 0 Å². The average Bonchev–Trinajstić information content (AvgIpc) is 2.31. The van der Waals surface area contributed by atoms with E-state index in [-0.39, 0.29) is 0 Å². The Morgan fingerprint density at radius 1 is 1.19 bits per heavy atom. The van der Waals surface area contributed by atoms with Gasteiger partial charge >= 0.3 is 0 Å². The predicted octanol–water partition coefficient (Wildman–Crippen LogP) is 3.56. The molecule has 2 heteroatoms. The normalized spacial score (nSPS) is 13.4. The zero-order chi connectivity index (χ0) is 12.0. The molecule has 0 saturated heterocycles. The lowest BCUT2D eigenvalue weighted by Crippen LogP contribution is -2.35. The van der Waals surface area contributed by atoms with Crippen molar-refractivity contribution >= 4 is 0 Å². The summed E-state index contributed by atoms with van der Waals surface area (Å²) in [5, 5.41) is 3.71. The van der Waals surface area contributed by atoms with Gasteiger partial charge in [-0.05, 0) is 30.9 Å². The molecule has 1 atom stereocenters. The molecule has 0 amide bonds. The van der Waals surface area contributed by atoms with E-state index in [4.69, 9.17) is 0 Å².